The second-order valence-corrected chi connectivity index (χ2v) is 5.16. The number of aryl methyl sites for hydroxylation is 3. The first-order valence-electron chi connectivity index (χ1n) is 6.91. The molecule has 0 fully saturated rings. The summed E-state index contributed by atoms with van der Waals surface area (Å²) in [4.78, 5) is 11.8. The minimum absolute atomic E-state index is 0.0732. The van der Waals surface area contributed by atoms with Crippen LogP contribution in [-0.2, 0) is 17.8 Å². The van der Waals surface area contributed by atoms with Gasteiger partial charge in [0.05, 0.1) is 5.69 Å². The number of nitrogens with one attached hydrogen (secondary N) is 1. The van der Waals surface area contributed by atoms with Crippen LogP contribution >= 0.6 is 0 Å². The molecule has 0 saturated carbocycles. The topological polar surface area (TPSA) is 55.1 Å². The number of carbonyl (C=O) groups excluding carboxylic acids is 1. The first-order chi connectivity index (χ1) is 9.97. The van der Waals surface area contributed by atoms with E-state index in [9.17, 15) is 9.18 Å². The summed E-state index contributed by atoms with van der Waals surface area (Å²) < 4.78 is 18.5. The molecule has 1 heterocycles. The van der Waals surface area contributed by atoms with Crippen LogP contribution in [-0.4, -0.2) is 11.1 Å². The van der Waals surface area contributed by atoms with E-state index in [1.807, 2.05) is 19.9 Å². The zero-order valence-electron chi connectivity index (χ0n) is 12.5. The summed E-state index contributed by atoms with van der Waals surface area (Å²) in [6.07, 6.45) is 0.951. The van der Waals surface area contributed by atoms with E-state index in [1.54, 1.807) is 13.0 Å². The summed E-state index contributed by atoms with van der Waals surface area (Å²) in [6, 6.07) is 4.97. The molecular formula is C16H19FN2O2. The molecule has 2 rings (SSSR count). The number of hydrogen-bond acceptors (Lipinski definition) is 3. The average molecular weight is 290 g/mol. The lowest BCUT2D eigenvalue weighted by Crippen LogP contribution is -2.23. The molecule has 0 radical (unpaired) electrons. The molecule has 0 saturated heterocycles. The SMILES string of the molecule is Cc1ccc(CNC(=O)CCc2c(C)noc2C)cc1F. The smallest absolute Gasteiger partial charge is 0.220 e. The maximum absolute atomic E-state index is 13.4. The average Bonchev–Trinajstić information content (AvgIpc) is 2.77. The highest BCUT2D eigenvalue weighted by atomic mass is 19.1. The molecule has 1 aromatic heterocycles. The van der Waals surface area contributed by atoms with Gasteiger partial charge in [-0.05, 0) is 44.4 Å². The highest BCUT2D eigenvalue weighted by molar-refractivity contribution is 5.76. The maximum atomic E-state index is 13.4. The Morgan fingerprint density at radius 2 is 2.10 bits per heavy atom. The third-order valence-corrected chi connectivity index (χ3v) is 3.51. The molecule has 21 heavy (non-hydrogen) atoms. The van der Waals surface area contributed by atoms with Gasteiger partial charge in [0, 0.05) is 18.5 Å². The van der Waals surface area contributed by atoms with Crippen LogP contribution in [0.5, 0.6) is 0 Å². The second kappa shape index (κ2) is 6.52. The molecule has 5 heteroatoms. The highest BCUT2D eigenvalue weighted by Gasteiger charge is 2.11. The fourth-order valence-electron chi connectivity index (χ4n) is 2.13. The third-order valence-electron chi connectivity index (χ3n) is 3.51. The summed E-state index contributed by atoms with van der Waals surface area (Å²) in [6.45, 7) is 5.74. The number of benzene rings is 1. The standard InChI is InChI=1S/C16H19FN2O2/c1-10-4-5-13(8-15(10)17)9-18-16(20)7-6-14-11(2)19-21-12(14)3/h4-5,8H,6-7,9H2,1-3H3,(H,18,20). The molecule has 0 spiro atoms. The van der Waals surface area contributed by atoms with Crippen LogP contribution in [0.4, 0.5) is 4.39 Å². The molecule has 0 aliphatic heterocycles. The first kappa shape index (κ1) is 15.2. The fraction of sp³-hybridized carbons (Fsp3) is 0.375. The van der Waals surface area contributed by atoms with Crippen molar-refractivity contribution in [3.63, 3.8) is 0 Å². The quantitative estimate of drug-likeness (QED) is 0.921. The van der Waals surface area contributed by atoms with Gasteiger partial charge in [-0.1, -0.05) is 17.3 Å². The van der Waals surface area contributed by atoms with Gasteiger partial charge in [0.1, 0.15) is 11.6 Å². The van der Waals surface area contributed by atoms with Crippen molar-refractivity contribution in [3.8, 4) is 0 Å². The van der Waals surface area contributed by atoms with E-state index in [1.165, 1.54) is 6.07 Å². The Bertz CT molecular complexity index is 630. The Hall–Kier alpha value is -2.17. The van der Waals surface area contributed by atoms with E-state index in [2.05, 4.69) is 10.5 Å². The monoisotopic (exact) mass is 290 g/mol. The molecule has 0 bridgehead atoms. The third kappa shape index (κ3) is 3.90. The van der Waals surface area contributed by atoms with Crippen molar-refractivity contribution in [3.05, 3.63) is 52.2 Å². The van der Waals surface area contributed by atoms with E-state index in [-0.39, 0.29) is 11.7 Å². The van der Waals surface area contributed by atoms with Gasteiger partial charge < -0.3 is 9.84 Å². The van der Waals surface area contributed by atoms with E-state index in [0.717, 1.165) is 22.6 Å². The van der Waals surface area contributed by atoms with Crippen molar-refractivity contribution < 1.29 is 13.7 Å². The van der Waals surface area contributed by atoms with Gasteiger partial charge in [-0.2, -0.15) is 0 Å². The Balaban J connectivity index is 1.83. The van der Waals surface area contributed by atoms with Gasteiger partial charge >= 0.3 is 0 Å². The van der Waals surface area contributed by atoms with Crippen LogP contribution in [0.25, 0.3) is 0 Å². The predicted molar refractivity (Wildman–Crippen MR) is 77.3 cm³/mol. The van der Waals surface area contributed by atoms with Gasteiger partial charge in [-0.15, -0.1) is 0 Å². The van der Waals surface area contributed by atoms with Crippen LogP contribution in [0, 0.1) is 26.6 Å². The molecule has 1 N–H and O–H groups in total. The van der Waals surface area contributed by atoms with Crippen LogP contribution in [0.2, 0.25) is 0 Å². The van der Waals surface area contributed by atoms with Gasteiger partial charge in [-0.3, -0.25) is 4.79 Å². The summed E-state index contributed by atoms with van der Waals surface area (Å²) in [5.74, 6) is 0.425. The van der Waals surface area contributed by atoms with Crippen molar-refractivity contribution in [2.75, 3.05) is 0 Å². The largest absolute Gasteiger partial charge is 0.361 e. The van der Waals surface area contributed by atoms with Crippen molar-refractivity contribution in [2.45, 2.75) is 40.2 Å². The number of carbonyl (C=O) groups is 1. The molecule has 112 valence electrons. The lowest BCUT2D eigenvalue weighted by molar-refractivity contribution is -0.121. The zero-order valence-corrected chi connectivity index (χ0v) is 12.5. The molecular weight excluding hydrogens is 271 g/mol. The Kier molecular flexibility index (Phi) is 4.73. The number of amides is 1. The second-order valence-electron chi connectivity index (χ2n) is 5.16. The molecule has 0 aliphatic rings. The number of aromatic nitrogens is 1. The van der Waals surface area contributed by atoms with Crippen LogP contribution in [0.1, 0.15) is 34.6 Å². The lowest BCUT2D eigenvalue weighted by Gasteiger charge is -2.06. The number of nitrogens with zero attached hydrogens (tertiary/aromatic N) is 1. The molecule has 2 aromatic rings. The molecule has 1 amide bonds. The zero-order chi connectivity index (χ0) is 15.4. The molecule has 0 unspecified atom stereocenters. The summed E-state index contributed by atoms with van der Waals surface area (Å²) in [7, 11) is 0. The number of halogens is 1. The molecule has 1 aromatic carbocycles. The van der Waals surface area contributed by atoms with E-state index in [0.29, 0.717) is 24.9 Å². The van der Waals surface area contributed by atoms with Gasteiger partial charge in [-0.25, -0.2) is 4.39 Å². The Morgan fingerprint density at radius 3 is 2.71 bits per heavy atom. The molecule has 0 aliphatic carbocycles. The van der Waals surface area contributed by atoms with Gasteiger partial charge in [0.15, 0.2) is 0 Å². The highest BCUT2D eigenvalue weighted by Crippen LogP contribution is 2.14. The first-order valence-corrected chi connectivity index (χ1v) is 6.91. The summed E-state index contributed by atoms with van der Waals surface area (Å²) >= 11 is 0. The minimum Gasteiger partial charge on any atom is -0.361 e. The minimum atomic E-state index is -0.252. The van der Waals surface area contributed by atoms with E-state index >= 15 is 0 Å². The van der Waals surface area contributed by atoms with Crippen LogP contribution < -0.4 is 5.32 Å². The Morgan fingerprint density at radius 1 is 1.33 bits per heavy atom. The van der Waals surface area contributed by atoms with Crippen molar-refractivity contribution in [1.29, 1.82) is 0 Å². The molecule has 4 nitrogen and oxygen atoms in total. The van der Waals surface area contributed by atoms with E-state index < -0.39 is 0 Å². The molecule has 0 atom stereocenters. The predicted octanol–water partition coefficient (Wildman–Crippen LogP) is 2.99. The van der Waals surface area contributed by atoms with Crippen molar-refractivity contribution in [1.82, 2.24) is 10.5 Å². The normalized spacial score (nSPS) is 10.7. The van der Waals surface area contributed by atoms with Crippen molar-refractivity contribution in [2.24, 2.45) is 0 Å². The summed E-state index contributed by atoms with van der Waals surface area (Å²) in [5, 5.41) is 6.65. The summed E-state index contributed by atoms with van der Waals surface area (Å²) in [5.41, 5.74) is 3.15. The van der Waals surface area contributed by atoms with Gasteiger partial charge in [0.2, 0.25) is 5.91 Å². The maximum Gasteiger partial charge on any atom is 0.220 e. The van der Waals surface area contributed by atoms with E-state index in [4.69, 9.17) is 4.52 Å². The number of rotatable bonds is 5. The lowest BCUT2D eigenvalue weighted by atomic mass is 10.1. The Labute approximate surface area is 123 Å². The van der Waals surface area contributed by atoms with Crippen LogP contribution in [0.15, 0.2) is 22.7 Å². The van der Waals surface area contributed by atoms with Gasteiger partial charge in [0.25, 0.3) is 0 Å². The number of hydrogen-bond donors (Lipinski definition) is 1. The van der Waals surface area contributed by atoms with Crippen LogP contribution in [0.3, 0.4) is 0 Å². The van der Waals surface area contributed by atoms with Crippen molar-refractivity contribution >= 4 is 5.91 Å². The fourth-order valence-corrected chi connectivity index (χ4v) is 2.13.